The summed E-state index contributed by atoms with van der Waals surface area (Å²) in [6, 6.07) is 0. The number of rotatable bonds is 9. The zero-order valence-corrected chi connectivity index (χ0v) is 12.6. The van der Waals surface area contributed by atoms with Crippen LogP contribution in [0.3, 0.4) is 0 Å². The van der Waals surface area contributed by atoms with Crippen molar-refractivity contribution in [3.05, 3.63) is 0 Å². The highest BCUT2D eigenvalue weighted by atomic mass is 32.2. The summed E-state index contributed by atoms with van der Waals surface area (Å²) in [7, 11) is 0. The van der Waals surface area contributed by atoms with Gasteiger partial charge in [0.1, 0.15) is 4.32 Å². The molecule has 0 radical (unpaired) electrons. The van der Waals surface area contributed by atoms with Gasteiger partial charge in [0.2, 0.25) is 0 Å². The Morgan fingerprint density at radius 3 is 2.12 bits per heavy atom. The van der Waals surface area contributed by atoms with Gasteiger partial charge in [0.25, 0.3) is 0 Å². The number of thioether (sulfide) groups is 1. The lowest BCUT2D eigenvalue weighted by atomic mass is 9.93. The van der Waals surface area contributed by atoms with Crippen LogP contribution in [-0.2, 0) is 0 Å². The van der Waals surface area contributed by atoms with Gasteiger partial charge in [0, 0.05) is 5.25 Å². The highest BCUT2D eigenvalue weighted by molar-refractivity contribution is 8.23. The SMILES string of the molecule is CCCCC(CC)C(CCCC)SC(N)=S. The van der Waals surface area contributed by atoms with Crippen LogP contribution < -0.4 is 5.73 Å². The number of unbranched alkanes of at least 4 members (excludes halogenated alkanes) is 2. The number of thiocarbonyl (C=S) groups is 1. The van der Waals surface area contributed by atoms with Crippen molar-refractivity contribution in [3.63, 3.8) is 0 Å². The molecule has 0 bridgehead atoms. The predicted molar refractivity (Wildman–Crippen MR) is 81.0 cm³/mol. The molecule has 0 aliphatic rings. The van der Waals surface area contributed by atoms with E-state index in [9.17, 15) is 0 Å². The molecule has 0 amide bonds. The standard InChI is InChI=1S/C13H27NS2/c1-4-7-9-11(6-3)12(10-8-5-2)16-13(14)15/h11-12H,4-10H2,1-3H3,(H2,14,15). The maximum absolute atomic E-state index is 5.68. The second kappa shape index (κ2) is 10.4. The van der Waals surface area contributed by atoms with Crippen molar-refractivity contribution in [1.82, 2.24) is 0 Å². The molecule has 1 nitrogen and oxygen atoms in total. The molecule has 2 atom stereocenters. The van der Waals surface area contributed by atoms with E-state index in [4.69, 9.17) is 18.0 Å². The summed E-state index contributed by atoms with van der Waals surface area (Å²) >= 11 is 6.77. The number of hydrogen-bond donors (Lipinski definition) is 1. The van der Waals surface area contributed by atoms with Crippen LogP contribution in [0, 0.1) is 5.92 Å². The average Bonchev–Trinajstić information content (AvgIpc) is 2.25. The van der Waals surface area contributed by atoms with E-state index in [1.165, 1.54) is 44.9 Å². The minimum atomic E-state index is 0.621. The molecule has 0 rings (SSSR count). The van der Waals surface area contributed by atoms with E-state index in [1.807, 2.05) is 0 Å². The molecule has 0 aromatic rings. The highest BCUT2D eigenvalue weighted by Gasteiger charge is 2.20. The monoisotopic (exact) mass is 261 g/mol. The Morgan fingerprint density at radius 1 is 1.12 bits per heavy atom. The third-order valence-electron chi connectivity index (χ3n) is 3.09. The van der Waals surface area contributed by atoms with Gasteiger partial charge in [-0.15, -0.1) is 0 Å². The molecular weight excluding hydrogens is 234 g/mol. The van der Waals surface area contributed by atoms with Crippen molar-refractivity contribution in [2.24, 2.45) is 11.7 Å². The molecule has 0 aromatic heterocycles. The topological polar surface area (TPSA) is 26.0 Å². The van der Waals surface area contributed by atoms with Crippen molar-refractivity contribution in [3.8, 4) is 0 Å². The third kappa shape index (κ3) is 7.50. The van der Waals surface area contributed by atoms with E-state index in [0.717, 1.165) is 5.92 Å². The van der Waals surface area contributed by atoms with E-state index in [2.05, 4.69) is 20.8 Å². The van der Waals surface area contributed by atoms with E-state index in [-0.39, 0.29) is 0 Å². The minimum Gasteiger partial charge on any atom is -0.385 e. The van der Waals surface area contributed by atoms with Crippen LogP contribution in [-0.4, -0.2) is 9.57 Å². The Kier molecular flexibility index (Phi) is 10.6. The Morgan fingerprint density at radius 2 is 1.69 bits per heavy atom. The summed E-state index contributed by atoms with van der Waals surface area (Å²) in [5, 5.41) is 0.647. The van der Waals surface area contributed by atoms with Crippen LogP contribution >= 0.6 is 24.0 Å². The fourth-order valence-corrected chi connectivity index (χ4v) is 3.54. The van der Waals surface area contributed by atoms with Gasteiger partial charge in [-0.3, -0.25) is 0 Å². The largest absolute Gasteiger partial charge is 0.385 e. The summed E-state index contributed by atoms with van der Waals surface area (Å²) in [6.45, 7) is 6.80. The van der Waals surface area contributed by atoms with Crippen LogP contribution in [0.2, 0.25) is 0 Å². The first-order valence-corrected chi connectivity index (χ1v) is 7.90. The molecule has 0 heterocycles. The van der Waals surface area contributed by atoms with Crippen molar-refractivity contribution in [2.75, 3.05) is 0 Å². The Labute approximate surface area is 111 Å². The molecule has 0 spiro atoms. The molecule has 3 heteroatoms. The van der Waals surface area contributed by atoms with Gasteiger partial charge in [-0.1, -0.05) is 76.9 Å². The smallest absolute Gasteiger partial charge is 0.131 e. The predicted octanol–water partition coefficient (Wildman–Crippen LogP) is 4.74. The van der Waals surface area contributed by atoms with Crippen molar-refractivity contribution in [2.45, 2.75) is 71.0 Å². The fourth-order valence-electron chi connectivity index (χ4n) is 2.06. The lowest BCUT2D eigenvalue weighted by Gasteiger charge is -2.25. The van der Waals surface area contributed by atoms with Crippen LogP contribution in [0.25, 0.3) is 0 Å². The maximum Gasteiger partial charge on any atom is 0.131 e. The molecule has 0 aliphatic heterocycles. The fraction of sp³-hybridized carbons (Fsp3) is 0.923. The Hall–Kier alpha value is 0.240. The van der Waals surface area contributed by atoms with E-state index >= 15 is 0 Å². The van der Waals surface area contributed by atoms with Gasteiger partial charge >= 0.3 is 0 Å². The molecule has 0 aromatic carbocycles. The second-order valence-corrected chi connectivity index (χ2v) is 6.41. The zero-order chi connectivity index (χ0) is 12.4. The average molecular weight is 261 g/mol. The molecule has 2 unspecified atom stereocenters. The maximum atomic E-state index is 5.68. The Bertz CT molecular complexity index is 183. The summed E-state index contributed by atoms with van der Waals surface area (Å²) in [4.78, 5) is 0. The van der Waals surface area contributed by atoms with E-state index in [1.54, 1.807) is 11.8 Å². The summed E-state index contributed by atoms with van der Waals surface area (Å²) in [5.41, 5.74) is 5.68. The van der Waals surface area contributed by atoms with E-state index in [0.29, 0.717) is 9.57 Å². The van der Waals surface area contributed by atoms with Crippen LogP contribution in [0.4, 0.5) is 0 Å². The summed E-state index contributed by atoms with van der Waals surface area (Å²) in [5.74, 6) is 0.790. The first-order chi connectivity index (χ1) is 7.65. The quantitative estimate of drug-likeness (QED) is 0.607. The summed E-state index contributed by atoms with van der Waals surface area (Å²) < 4.78 is 0.621. The van der Waals surface area contributed by atoms with Crippen LogP contribution in [0.15, 0.2) is 0 Å². The van der Waals surface area contributed by atoms with Gasteiger partial charge in [0.15, 0.2) is 0 Å². The molecule has 96 valence electrons. The first kappa shape index (κ1) is 16.2. The highest BCUT2D eigenvalue weighted by Crippen LogP contribution is 2.30. The number of nitrogens with two attached hydrogens (primary N) is 1. The molecule has 0 saturated heterocycles. The molecule has 2 N–H and O–H groups in total. The second-order valence-electron chi connectivity index (χ2n) is 4.43. The van der Waals surface area contributed by atoms with Gasteiger partial charge < -0.3 is 5.73 Å². The molecule has 0 saturated carbocycles. The minimum absolute atomic E-state index is 0.621. The van der Waals surface area contributed by atoms with E-state index < -0.39 is 0 Å². The third-order valence-corrected chi connectivity index (χ3v) is 4.53. The van der Waals surface area contributed by atoms with Gasteiger partial charge in [-0.25, -0.2) is 0 Å². The van der Waals surface area contributed by atoms with Gasteiger partial charge in [0.05, 0.1) is 0 Å². The van der Waals surface area contributed by atoms with Crippen LogP contribution in [0.1, 0.15) is 65.7 Å². The summed E-state index contributed by atoms with van der Waals surface area (Å²) in [6.07, 6.45) is 9.02. The van der Waals surface area contributed by atoms with Gasteiger partial charge in [-0.2, -0.15) is 0 Å². The van der Waals surface area contributed by atoms with Crippen molar-refractivity contribution < 1.29 is 0 Å². The molecule has 0 fully saturated rings. The number of hydrogen-bond acceptors (Lipinski definition) is 2. The zero-order valence-electron chi connectivity index (χ0n) is 11.0. The van der Waals surface area contributed by atoms with Crippen molar-refractivity contribution >= 4 is 28.3 Å². The molecule has 0 aliphatic carbocycles. The van der Waals surface area contributed by atoms with Gasteiger partial charge in [-0.05, 0) is 18.8 Å². The normalized spacial score (nSPS) is 14.7. The van der Waals surface area contributed by atoms with Crippen LogP contribution in [0.5, 0.6) is 0 Å². The Balaban J connectivity index is 4.23. The lowest BCUT2D eigenvalue weighted by Crippen LogP contribution is -2.21. The first-order valence-electron chi connectivity index (χ1n) is 6.61. The lowest BCUT2D eigenvalue weighted by molar-refractivity contribution is 0.416. The molecule has 16 heavy (non-hydrogen) atoms. The van der Waals surface area contributed by atoms with Crippen molar-refractivity contribution in [1.29, 1.82) is 0 Å². The molecular formula is C13H27NS2.